The van der Waals surface area contributed by atoms with Crippen molar-refractivity contribution >= 4 is 51.4 Å². The topological polar surface area (TPSA) is 107 Å². The summed E-state index contributed by atoms with van der Waals surface area (Å²) in [6.07, 6.45) is 2.73. The molecule has 0 fully saturated rings. The number of aromatic nitrogens is 3. The molecule has 8 nitrogen and oxygen atoms in total. The summed E-state index contributed by atoms with van der Waals surface area (Å²) < 4.78 is 22.2. The van der Waals surface area contributed by atoms with Crippen LogP contribution >= 0.6 is 11.6 Å². The molecule has 1 aliphatic rings. The van der Waals surface area contributed by atoms with Crippen LogP contribution < -0.4 is 15.8 Å². The molecule has 3 aromatic rings. The molecule has 0 saturated carbocycles. The number of nitrogens with two attached hydrogens (primary N) is 1. The van der Waals surface area contributed by atoms with Gasteiger partial charge in [-0.15, -0.1) is 0 Å². The molecule has 4 radical (unpaired) electrons. The quantitative estimate of drug-likeness (QED) is 0.323. The summed E-state index contributed by atoms with van der Waals surface area (Å²) in [5.41, 5.74) is 9.22. The lowest BCUT2D eigenvalue weighted by molar-refractivity contribution is -0.105. The largest absolute Gasteiger partial charge is 0.482 e. The van der Waals surface area contributed by atoms with Crippen LogP contribution in [0, 0.1) is 5.82 Å². The number of aliphatic imine (C=N–C) groups is 1. The third kappa shape index (κ3) is 4.28. The van der Waals surface area contributed by atoms with Gasteiger partial charge in [-0.3, -0.25) is 14.5 Å². The summed E-state index contributed by atoms with van der Waals surface area (Å²) in [7, 11) is 15.1. The van der Waals surface area contributed by atoms with E-state index < -0.39 is 17.1 Å². The monoisotopic (exact) mass is 502 g/mol. The van der Waals surface area contributed by atoms with E-state index in [0.717, 1.165) is 0 Å². The Morgan fingerprint density at radius 3 is 2.81 bits per heavy atom. The Kier molecular flexibility index (Phi) is 6.95. The average molecular weight is 503 g/mol. The molecule has 4 rings (SSSR count). The third-order valence-corrected chi connectivity index (χ3v) is 6.25. The van der Waals surface area contributed by atoms with Crippen molar-refractivity contribution in [2.75, 3.05) is 12.4 Å². The Hall–Kier alpha value is -3.59. The minimum absolute atomic E-state index is 0.0639. The van der Waals surface area contributed by atoms with Crippen LogP contribution in [0.3, 0.4) is 0 Å². The summed E-state index contributed by atoms with van der Waals surface area (Å²) in [4.78, 5) is 19.7. The van der Waals surface area contributed by atoms with Crippen LogP contribution in [0.2, 0.25) is 5.15 Å². The van der Waals surface area contributed by atoms with E-state index in [1.165, 1.54) is 30.6 Å². The Bertz CT molecular complexity index is 1410. The highest BCUT2D eigenvalue weighted by Crippen LogP contribution is 2.43. The van der Waals surface area contributed by atoms with E-state index in [9.17, 15) is 9.18 Å². The molecule has 2 bridgehead atoms. The predicted octanol–water partition coefficient (Wildman–Crippen LogP) is 3.34. The van der Waals surface area contributed by atoms with Gasteiger partial charge in [-0.05, 0) is 48.9 Å². The highest BCUT2D eigenvalue weighted by atomic mass is 35.5. The van der Waals surface area contributed by atoms with Gasteiger partial charge in [-0.25, -0.2) is 9.37 Å². The molecule has 1 aromatic carbocycles. The van der Waals surface area contributed by atoms with E-state index in [-0.39, 0.29) is 33.6 Å². The van der Waals surface area contributed by atoms with Gasteiger partial charge in [0.1, 0.15) is 11.9 Å². The number of aryl methyl sites for hydroxylation is 1. The lowest BCUT2D eigenvalue weighted by Gasteiger charge is -2.31. The number of amides is 1. The first-order valence-electron chi connectivity index (χ1n) is 11.1. The Labute approximate surface area is 215 Å². The van der Waals surface area contributed by atoms with Gasteiger partial charge < -0.3 is 15.8 Å². The van der Waals surface area contributed by atoms with Gasteiger partial charge >= 0.3 is 0 Å². The van der Waals surface area contributed by atoms with Crippen molar-refractivity contribution in [1.29, 1.82) is 0 Å². The van der Waals surface area contributed by atoms with Crippen molar-refractivity contribution in [2.45, 2.75) is 31.7 Å². The van der Waals surface area contributed by atoms with Gasteiger partial charge in [-0.1, -0.05) is 11.6 Å². The van der Waals surface area contributed by atoms with Gasteiger partial charge in [0.15, 0.2) is 16.7 Å². The van der Waals surface area contributed by atoms with E-state index in [1.54, 1.807) is 24.7 Å². The van der Waals surface area contributed by atoms with Crippen molar-refractivity contribution in [3.05, 3.63) is 63.7 Å². The van der Waals surface area contributed by atoms with Crippen molar-refractivity contribution in [3.8, 4) is 17.0 Å². The zero-order valence-electron chi connectivity index (χ0n) is 19.9. The van der Waals surface area contributed by atoms with Crippen molar-refractivity contribution < 1.29 is 13.9 Å². The molecular formula is C24H22B2ClFN6O2. The number of ether oxygens (including phenoxy) is 1. The van der Waals surface area contributed by atoms with Gasteiger partial charge in [0.2, 0.25) is 6.41 Å². The van der Waals surface area contributed by atoms with Crippen LogP contribution in [0.5, 0.6) is 5.75 Å². The number of pyridine rings is 1. The van der Waals surface area contributed by atoms with E-state index in [2.05, 4.69) is 20.4 Å². The van der Waals surface area contributed by atoms with Crippen molar-refractivity contribution in [2.24, 2.45) is 10.7 Å². The highest BCUT2D eigenvalue weighted by molar-refractivity contribution is 6.47. The Balaban J connectivity index is 2.17. The smallest absolute Gasteiger partial charge is 0.212 e. The normalized spacial score (nSPS) is 19.0. The average Bonchev–Trinajstić information content (AvgIpc) is 3.19. The number of nitrogens with zero attached hydrogens (tertiary/aromatic N) is 4. The molecule has 3 N–H and O–H groups in total. The lowest BCUT2D eigenvalue weighted by Crippen LogP contribution is -2.34. The first kappa shape index (κ1) is 25.5. The van der Waals surface area contributed by atoms with Crippen LogP contribution in [-0.4, -0.2) is 50.1 Å². The molecule has 0 saturated heterocycles. The molecule has 0 unspecified atom stereocenters. The molecule has 3 heterocycles. The SMILES string of the molecule is [B]C1([B])/C(C=NC)=C(/N)c2ccc(F)cc2[C@@H](C)Oc2cc(cnc2NC=O)-c2c1c(Cl)nn2CC. The van der Waals surface area contributed by atoms with Gasteiger partial charge in [0.25, 0.3) is 0 Å². The van der Waals surface area contributed by atoms with Crippen LogP contribution in [0.1, 0.15) is 36.6 Å². The number of hydrogen-bond acceptors (Lipinski definition) is 6. The summed E-state index contributed by atoms with van der Waals surface area (Å²) in [5, 5.41) is 5.25. The second kappa shape index (κ2) is 9.81. The van der Waals surface area contributed by atoms with Crippen molar-refractivity contribution in [3.63, 3.8) is 0 Å². The van der Waals surface area contributed by atoms with Crippen LogP contribution in [0.25, 0.3) is 17.0 Å². The van der Waals surface area contributed by atoms with Gasteiger partial charge in [-0.2, -0.15) is 5.10 Å². The van der Waals surface area contributed by atoms with Crippen LogP contribution in [-0.2, 0) is 16.6 Å². The minimum Gasteiger partial charge on any atom is -0.482 e. The second-order valence-electron chi connectivity index (χ2n) is 8.24. The first-order valence-corrected chi connectivity index (χ1v) is 11.5. The molecule has 2 aromatic heterocycles. The predicted molar refractivity (Wildman–Crippen MR) is 140 cm³/mol. The molecule has 180 valence electrons. The van der Waals surface area contributed by atoms with Gasteiger partial charge in [0.05, 0.1) is 21.4 Å². The molecule has 1 atom stereocenters. The number of nitrogens with one attached hydrogen (secondary N) is 1. The van der Waals surface area contributed by atoms with E-state index in [4.69, 9.17) is 37.8 Å². The molecule has 12 heteroatoms. The van der Waals surface area contributed by atoms with Crippen LogP contribution in [0.4, 0.5) is 10.2 Å². The number of carbonyl (C=O) groups is 1. The summed E-state index contributed by atoms with van der Waals surface area (Å²) in [5.74, 6) is -0.0968. The summed E-state index contributed by atoms with van der Waals surface area (Å²) >= 11 is 6.61. The zero-order valence-corrected chi connectivity index (χ0v) is 20.7. The molecule has 0 aliphatic carbocycles. The van der Waals surface area contributed by atoms with E-state index >= 15 is 0 Å². The fourth-order valence-corrected chi connectivity index (χ4v) is 4.66. The first-order chi connectivity index (χ1) is 17.1. The maximum absolute atomic E-state index is 14.4. The second-order valence-corrected chi connectivity index (χ2v) is 8.60. The number of fused-ring (bicyclic) bond motifs is 5. The molecular weight excluding hydrogens is 480 g/mol. The number of allylic oxidation sites excluding steroid dienone is 1. The lowest BCUT2D eigenvalue weighted by atomic mass is 9.47. The fourth-order valence-electron chi connectivity index (χ4n) is 4.33. The summed E-state index contributed by atoms with van der Waals surface area (Å²) in [6, 6.07) is 5.76. The molecule has 1 amide bonds. The number of anilines is 1. The highest BCUT2D eigenvalue weighted by Gasteiger charge is 2.36. The molecule has 36 heavy (non-hydrogen) atoms. The Morgan fingerprint density at radius 1 is 1.39 bits per heavy atom. The summed E-state index contributed by atoms with van der Waals surface area (Å²) in [6.45, 7) is 4.04. The van der Waals surface area contributed by atoms with E-state index in [1.807, 2.05) is 6.92 Å². The third-order valence-electron chi connectivity index (χ3n) is 5.98. The standard InChI is InChI=1S/C24H22B2ClFN6O2/c1-4-34-21-13-7-18(23(31-9-13)32-11-35)36-12(2)16-8-14(28)5-6-15(16)20(29)17(10-30-3)24(25,26)19(21)22(27)33-34/h5-12H,4,29H2,1-3H3,(H,31,32,35)/b20-17+,30-10?/t12-/m1/s1. The molecule has 0 spiro atoms. The zero-order chi connectivity index (χ0) is 26.2. The Morgan fingerprint density at radius 2 is 2.14 bits per heavy atom. The van der Waals surface area contributed by atoms with Gasteiger partial charge in [0, 0.05) is 54.0 Å². The number of rotatable bonds is 4. The maximum Gasteiger partial charge on any atom is 0.212 e. The minimum atomic E-state index is -1.77. The van der Waals surface area contributed by atoms with Crippen molar-refractivity contribution in [1.82, 2.24) is 14.8 Å². The maximum atomic E-state index is 14.4. The molecule has 1 aliphatic heterocycles. The number of carbonyl (C=O) groups excluding carboxylic acids is 1. The van der Waals surface area contributed by atoms with Crippen LogP contribution in [0.15, 0.2) is 41.0 Å². The fraction of sp³-hybridized carbons (Fsp3) is 0.250. The number of halogens is 2. The number of hydrogen-bond donors (Lipinski definition) is 2. The number of benzene rings is 1. The van der Waals surface area contributed by atoms with E-state index in [0.29, 0.717) is 35.3 Å².